The van der Waals surface area contributed by atoms with Gasteiger partial charge in [0.25, 0.3) is 11.8 Å². The van der Waals surface area contributed by atoms with Crippen LogP contribution < -0.4 is 15.0 Å². The summed E-state index contributed by atoms with van der Waals surface area (Å²) < 4.78 is 5.65. The summed E-state index contributed by atoms with van der Waals surface area (Å²) in [5.41, 5.74) is 3.99. The van der Waals surface area contributed by atoms with E-state index in [9.17, 15) is 9.59 Å². The number of amides is 2. The maximum absolute atomic E-state index is 12.5. The molecule has 0 aliphatic carbocycles. The number of carbonyl (C=O) groups excluding carboxylic acids is 2. The zero-order valence-electron chi connectivity index (χ0n) is 18.3. The molecule has 6 nitrogen and oxygen atoms in total. The number of anilines is 2. The molecular weight excluding hydrogens is 422 g/mol. The van der Waals surface area contributed by atoms with Crippen LogP contribution >= 0.6 is 11.3 Å². The van der Waals surface area contributed by atoms with Crippen molar-refractivity contribution >= 4 is 34.5 Å². The van der Waals surface area contributed by atoms with Crippen molar-refractivity contribution in [2.24, 2.45) is 0 Å². The lowest BCUT2D eigenvalue weighted by molar-refractivity contribution is -0.118. The van der Waals surface area contributed by atoms with E-state index in [-0.39, 0.29) is 18.4 Å². The lowest BCUT2D eigenvalue weighted by Crippen LogP contribution is -2.48. The Morgan fingerprint density at radius 1 is 1.00 bits per heavy atom. The van der Waals surface area contributed by atoms with Crippen LogP contribution in [0.2, 0.25) is 0 Å². The van der Waals surface area contributed by atoms with E-state index in [2.05, 4.69) is 10.2 Å². The number of nitrogens with one attached hydrogen (secondary N) is 1. The SMILES string of the molecule is Cc1ccc(OCC(=O)Nc2ccc(N3CCN(C(=O)c4cccs4)CC3)cc2)c(C)c1. The van der Waals surface area contributed by atoms with Crippen molar-refractivity contribution in [1.29, 1.82) is 0 Å². The smallest absolute Gasteiger partial charge is 0.264 e. The Labute approximate surface area is 192 Å². The largest absolute Gasteiger partial charge is 0.483 e. The number of ether oxygens (including phenoxy) is 1. The van der Waals surface area contributed by atoms with Gasteiger partial charge in [-0.15, -0.1) is 11.3 Å². The highest BCUT2D eigenvalue weighted by atomic mass is 32.1. The van der Waals surface area contributed by atoms with Gasteiger partial charge in [-0.05, 0) is 61.2 Å². The molecule has 3 aromatic rings. The summed E-state index contributed by atoms with van der Waals surface area (Å²) in [6.07, 6.45) is 0. The minimum atomic E-state index is -0.196. The summed E-state index contributed by atoms with van der Waals surface area (Å²) in [4.78, 5) is 29.7. The summed E-state index contributed by atoms with van der Waals surface area (Å²) in [5, 5.41) is 4.81. The monoisotopic (exact) mass is 449 g/mol. The Kier molecular flexibility index (Phi) is 6.75. The van der Waals surface area contributed by atoms with Crippen LogP contribution in [0.4, 0.5) is 11.4 Å². The van der Waals surface area contributed by atoms with Crippen molar-refractivity contribution in [2.45, 2.75) is 13.8 Å². The van der Waals surface area contributed by atoms with Crippen LogP contribution in [0.3, 0.4) is 0 Å². The second-order valence-electron chi connectivity index (χ2n) is 7.91. The Bertz CT molecular complexity index is 1070. The molecule has 1 aliphatic heterocycles. The third-order valence-corrected chi connectivity index (χ3v) is 6.36. The number of nitrogens with zero attached hydrogens (tertiary/aromatic N) is 2. The van der Waals surface area contributed by atoms with E-state index in [4.69, 9.17) is 4.74 Å². The molecule has 0 radical (unpaired) electrons. The van der Waals surface area contributed by atoms with Gasteiger partial charge in [0, 0.05) is 37.6 Å². The van der Waals surface area contributed by atoms with Crippen molar-refractivity contribution in [3.05, 3.63) is 76.0 Å². The van der Waals surface area contributed by atoms with Crippen molar-refractivity contribution in [3.63, 3.8) is 0 Å². The Morgan fingerprint density at radius 3 is 2.41 bits per heavy atom. The summed E-state index contributed by atoms with van der Waals surface area (Å²) in [5.74, 6) is 0.636. The van der Waals surface area contributed by atoms with E-state index < -0.39 is 0 Å². The fourth-order valence-electron chi connectivity index (χ4n) is 3.78. The van der Waals surface area contributed by atoms with Crippen LogP contribution in [0, 0.1) is 13.8 Å². The van der Waals surface area contributed by atoms with Gasteiger partial charge in [-0.1, -0.05) is 23.8 Å². The molecule has 2 amide bonds. The highest BCUT2D eigenvalue weighted by Crippen LogP contribution is 2.22. The molecule has 0 saturated carbocycles. The fraction of sp³-hybridized carbons (Fsp3) is 0.280. The molecule has 4 rings (SSSR count). The summed E-state index contributed by atoms with van der Waals surface area (Å²) >= 11 is 1.48. The first-order valence-electron chi connectivity index (χ1n) is 10.7. The van der Waals surface area contributed by atoms with Crippen molar-refractivity contribution < 1.29 is 14.3 Å². The van der Waals surface area contributed by atoms with Crippen LogP contribution in [0.1, 0.15) is 20.8 Å². The first-order chi connectivity index (χ1) is 15.5. The molecule has 7 heteroatoms. The lowest BCUT2D eigenvalue weighted by atomic mass is 10.1. The minimum Gasteiger partial charge on any atom is -0.483 e. The highest BCUT2D eigenvalue weighted by molar-refractivity contribution is 7.12. The van der Waals surface area contributed by atoms with Gasteiger partial charge in [0.15, 0.2) is 6.61 Å². The maximum Gasteiger partial charge on any atom is 0.264 e. The number of hydrogen-bond donors (Lipinski definition) is 1. The average molecular weight is 450 g/mol. The zero-order valence-corrected chi connectivity index (χ0v) is 19.2. The van der Waals surface area contributed by atoms with Crippen LogP contribution in [-0.2, 0) is 4.79 Å². The Balaban J connectivity index is 1.26. The van der Waals surface area contributed by atoms with Crippen LogP contribution in [0.15, 0.2) is 60.0 Å². The predicted molar refractivity (Wildman–Crippen MR) is 129 cm³/mol. The quantitative estimate of drug-likeness (QED) is 0.608. The first-order valence-corrected chi connectivity index (χ1v) is 11.6. The number of aryl methyl sites for hydroxylation is 2. The van der Waals surface area contributed by atoms with Crippen LogP contribution in [0.5, 0.6) is 5.75 Å². The standard InChI is InChI=1S/C25H27N3O3S/c1-18-5-10-22(19(2)16-18)31-17-24(29)26-20-6-8-21(9-7-20)27-11-13-28(14-12-27)25(30)23-4-3-15-32-23/h3-10,15-16H,11-14,17H2,1-2H3,(H,26,29). The van der Waals surface area contributed by atoms with E-state index in [1.807, 2.05) is 78.7 Å². The topological polar surface area (TPSA) is 61.9 Å². The minimum absolute atomic E-state index is 0.0358. The third kappa shape index (κ3) is 5.29. The lowest BCUT2D eigenvalue weighted by Gasteiger charge is -2.36. The third-order valence-electron chi connectivity index (χ3n) is 5.50. The fourth-order valence-corrected chi connectivity index (χ4v) is 4.47. The number of rotatable bonds is 6. The van der Waals surface area contributed by atoms with E-state index in [1.165, 1.54) is 11.3 Å². The molecule has 1 saturated heterocycles. The summed E-state index contributed by atoms with van der Waals surface area (Å²) in [6.45, 7) is 6.93. The van der Waals surface area contributed by atoms with Gasteiger partial charge in [0.05, 0.1) is 4.88 Å². The van der Waals surface area contributed by atoms with E-state index in [0.717, 1.165) is 46.2 Å². The summed E-state index contributed by atoms with van der Waals surface area (Å²) in [7, 11) is 0. The second-order valence-corrected chi connectivity index (χ2v) is 8.86. The average Bonchev–Trinajstić information content (AvgIpc) is 3.34. The van der Waals surface area contributed by atoms with Gasteiger partial charge < -0.3 is 19.9 Å². The molecule has 1 aliphatic rings. The summed E-state index contributed by atoms with van der Waals surface area (Å²) in [6, 6.07) is 17.5. The predicted octanol–water partition coefficient (Wildman–Crippen LogP) is 4.34. The van der Waals surface area contributed by atoms with Gasteiger partial charge in [-0.25, -0.2) is 0 Å². The van der Waals surface area contributed by atoms with Gasteiger partial charge in [-0.3, -0.25) is 9.59 Å². The molecule has 166 valence electrons. The van der Waals surface area contributed by atoms with E-state index >= 15 is 0 Å². The van der Waals surface area contributed by atoms with E-state index in [0.29, 0.717) is 13.1 Å². The Morgan fingerprint density at radius 2 is 1.75 bits per heavy atom. The van der Waals surface area contributed by atoms with Gasteiger partial charge in [-0.2, -0.15) is 0 Å². The molecule has 0 spiro atoms. The molecule has 0 unspecified atom stereocenters. The second kappa shape index (κ2) is 9.87. The molecule has 1 fully saturated rings. The first kappa shape index (κ1) is 21.9. The van der Waals surface area contributed by atoms with Crippen LogP contribution in [0.25, 0.3) is 0 Å². The molecule has 1 aromatic heterocycles. The molecule has 1 N–H and O–H groups in total. The zero-order chi connectivity index (χ0) is 22.5. The molecule has 0 atom stereocenters. The number of carbonyl (C=O) groups is 2. The van der Waals surface area contributed by atoms with Gasteiger partial charge in [0.2, 0.25) is 0 Å². The number of thiophene rings is 1. The molecular formula is C25H27N3O3S. The van der Waals surface area contributed by atoms with Crippen molar-refractivity contribution in [3.8, 4) is 5.75 Å². The van der Waals surface area contributed by atoms with Crippen LogP contribution in [-0.4, -0.2) is 49.5 Å². The maximum atomic E-state index is 12.5. The van der Waals surface area contributed by atoms with Gasteiger partial charge >= 0.3 is 0 Å². The van der Waals surface area contributed by atoms with Crippen molar-refractivity contribution in [2.75, 3.05) is 43.0 Å². The molecule has 32 heavy (non-hydrogen) atoms. The normalized spacial score (nSPS) is 13.7. The molecule has 2 aromatic carbocycles. The van der Waals surface area contributed by atoms with E-state index in [1.54, 1.807) is 0 Å². The number of hydrogen-bond acceptors (Lipinski definition) is 5. The highest BCUT2D eigenvalue weighted by Gasteiger charge is 2.22. The molecule has 2 heterocycles. The number of benzene rings is 2. The van der Waals surface area contributed by atoms with Gasteiger partial charge in [0.1, 0.15) is 5.75 Å². The molecule has 0 bridgehead atoms. The Hall–Kier alpha value is -3.32. The van der Waals surface area contributed by atoms with Crippen molar-refractivity contribution in [1.82, 2.24) is 4.90 Å². The number of piperazine rings is 1.